The largest absolute Gasteiger partial charge is 0.398 e. The summed E-state index contributed by atoms with van der Waals surface area (Å²) in [7, 11) is 0. The molecule has 0 atom stereocenters. The minimum Gasteiger partial charge on any atom is -0.398 e. The average molecular weight is 262 g/mol. The van der Waals surface area contributed by atoms with Crippen LogP contribution in [0, 0.1) is 5.82 Å². The number of H-pyrrole nitrogens is 1. The molecular formula is C13H9ClFN3. The second kappa shape index (κ2) is 3.99. The average Bonchev–Trinajstić information content (AvgIpc) is 2.71. The summed E-state index contributed by atoms with van der Waals surface area (Å²) in [6.07, 6.45) is 0. The molecule has 0 saturated heterocycles. The molecule has 3 nitrogen and oxygen atoms in total. The van der Waals surface area contributed by atoms with Crippen molar-refractivity contribution in [1.82, 2.24) is 9.97 Å². The van der Waals surface area contributed by atoms with Crippen molar-refractivity contribution in [2.45, 2.75) is 0 Å². The first kappa shape index (κ1) is 11.0. The maximum atomic E-state index is 13.8. The van der Waals surface area contributed by atoms with Crippen molar-refractivity contribution in [2.24, 2.45) is 0 Å². The van der Waals surface area contributed by atoms with E-state index in [1.165, 1.54) is 6.07 Å². The van der Waals surface area contributed by atoms with Crippen LogP contribution in [0.1, 0.15) is 0 Å². The number of anilines is 1. The highest BCUT2D eigenvalue weighted by molar-refractivity contribution is 6.31. The summed E-state index contributed by atoms with van der Waals surface area (Å²) in [5, 5.41) is 0.596. The number of rotatable bonds is 1. The Morgan fingerprint density at radius 1 is 1.22 bits per heavy atom. The van der Waals surface area contributed by atoms with E-state index in [4.69, 9.17) is 17.3 Å². The third kappa shape index (κ3) is 1.71. The molecule has 3 rings (SSSR count). The third-order valence-electron chi connectivity index (χ3n) is 2.73. The van der Waals surface area contributed by atoms with E-state index in [9.17, 15) is 4.39 Å². The number of nitrogens with one attached hydrogen (secondary N) is 1. The summed E-state index contributed by atoms with van der Waals surface area (Å²) in [6.45, 7) is 0. The van der Waals surface area contributed by atoms with Crippen LogP contribution in [0.3, 0.4) is 0 Å². The van der Waals surface area contributed by atoms with Gasteiger partial charge in [-0.2, -0.15) is 0 Å². The number of imidazole rings is 1. The number of aromatic amines is 1. The lowest BCUT2D eigenvalue weighted by atomic mass is 10.1. The standard InChI is InChI=1S/C13H9ClFN3/c14-7-4-5-10-11(6-7)18-13(17-10)12-8(15)2-1-3-9(12)16/h1-6H,16H2,(H,17,18). The number of fused-ring (bicyclic) bond motifs is 1. The lowest BCUT2D eigenvalue weighted by molar-refractivity contribution is 0.631. The van der Waals surface area contributed by atoms with Crippen LogP contribution in [-0.2, 0) is 0 Å². The maximum absolute atomic E-state index is 13.8. The molecule has 2 aromatic carbocycles. The summed E-state index contributed by atoms with van der Waals surface area (Å²) in [5.74, 6) is 0.00280. The van der Waals surface area contributed by atoms with E-state index in [2.05, 4.69) is 9.97 Å². The predicted octanol–water partition coefficient (Wildman–Crippen LogP) is 3.60. The van der Waals surface area contributed by atoms with Gasteiger partial charge in [-0.25, -0.2) is 9.37 Å². The van der Waals surface area contributed by atoms with Crippen LogP contribution in [0.15, 0.2) is 36.4 Å². The molecule has 18 heavy (non-hydrogen) atoms. The number of aromatic nitrogens is 2. The van der Waals surface area contributed by atoms with Gasteiger partial charge in [0.25, 0.3) is 0 Å². The molecule has 0 aliphatic rings. The van der Waals surface area contributed by atoms with E-state index < -0.39 is 5.82 Å². The van der Waals surface area contributed by atoms with Gasteiger partial charge in [-0.3, -0.25) is 0 Å². The zero-order valence-electron chi connectivity index (χ0n) is 9.24. The Bertz CT molecular complexity index is 716. The van der Waals surface area contributed by atoms with E-state index in [-0.39, 0.29) is 5.56 Å². The number of nitrogens with two attached hydrogens (primary N) is 1. The molecule has 5 heteroatoms. The molecule has 0 aliphatic carbocycles. The van der Waals surface area contributed by atoms with Crippen molar-refractivity contribution in [3.8, 4) is 11.4 Å². The normalized spacial score (nSPS) is 11.0. The second-order valence-electron chi connectivity index (χ2n) is 3.95. The van der Waals surface area contributed by atoms with Crippen LogP contribution >= 0.6 is 11.6 Å². The quantitative estimate of drug-likeness (QED) is 0.658. The molecule has 0 radical (unpaired) electrons. The third-order valence-corrected chi connectivity index (χ3v) is 2.96. The number of benzene rings is 2. The Balaban J connectivity index is 2.26. The van der Waals surface area contributed by atoms with Gasteiger partial charge in [0.05, 0.1) is 16.6 Å². The summed E-state index contributed by atoms with van der Waals surface area (Å²) in [4.78, 5) is 7.33. The number of hydrogen-bond acceptors (Lipinski definition) is 2. The molecule has 0 fully saturated rings. The molecule has 1 aromatic heterocycles. The monoisotopic (exact) mass is 261 g/mol. The van der Waals surface area contributed by atoms with Crippen molar-refractivity contribution in [3.05, 3.63) is 47.2 Å². The Labute approximate surface area is 107 Å². The van der Waals surface area contributed by atoms with Crippen molar-refractivity contribution in [1.29, 1.82) is 0 Å². The number of nitrogen functional groups attached to an aromatic ring is 1. The van der Waals surface area contributed by atoms with Gasteiger partial charge < -0.3 is 10.7 Å². The van der Waals surface area contributed by atoms with E-state index in [0.717, 1.165) is 11.0 Å². The lowest BCUT2D eigenvalue weighted by Crippen LogP contribution is -1.94. The second-order valence-corrected chi connectivity index (χ2v) is 4.39. The van der Waals surface area contributed by atoms with E-state index in [1.807, 2.05) is 0 Å². The summed E-state index contributed by atoms with van der Waals surface area (Å²) in [5.41, 5.74) is 7.88. The number of hydrogen-bond donors (Lipinski definition) is 2. The first-order valence-electron chi connectivity index (χ1n) is 5.35. The van der Waals surface area contributed by atoms with Gasteiger partial charge in [0.1, 0.15) is 11.6 Å². The molecule has 0 saturated carbocycles. The van der Waals surface area contributed by atoms with Crippen LogP contribution in [0.4, 0.5) is 10.1 Å². The van der Waals surface area contributed by atoms with Gasteiger partial charge in [0.2, 0.25) is 0 Å². The van der Waals surface area contributed by atoms with E-state index in [1.54, 1.807) is 30.3 Å². The van der Waals surface area contributed by atoms with Gasteiger partial charge in [-0.1, -0.05) is 17.7 Å². The minimum atomic E-state index is -0.403. The molecule has 0 aliphatic heterocycles. The van der Waals surface area contributed by atoms with Crippen LogP contribution < -0.4 is 5.73 Å². The Morgan fingerprint density at radius 2 is 2.06 bits per heavy atom. The molecule has 3 aromatic rings. The van der Waals surface area contributed by atoms with Crippen molar-refractivity contribution in [2.75, 3.05) is 5.73 Å². The SMILES string of the molecule is Nc1cccc(F)c1-c1nc2ccc(Cl)cc2[nH]1. The molecule has 1 heterocycles. The first-order chi connectivity index (χ1) is 8.65. The zero-order valence-corrected chi connectivity index (χ0v) is 10.0. The molecule has 0 spiro atoms. The molecule has 90 valence electrons. The molecule has 0 amide bonds. The van der Waals surface area contributed by atoms with Gasteiger partial charge in [0, 0.05) is 10.7 Å². The topological polar surface area (TPSA) is 54.7 Å². The van der Waals surface area contributed by atoms with E-state index >= 15 is 0 Å². The Kier molecular flexibility index (Phi) is 2.45. The van der Waals surface area contributed by atoms with Crippen molar-refractivity contribution < 1.29 is 4.39 Å². The highest BCUT2D eigenvalue weighted by Crippen LogP contribution is 2.28. The first-order valence-corrected chi connectivity index (χ1v) is 5.72. The Hall–Kier alpha value is -2.07. The van der Waals surface area contributed by atoms with Crippen LogP contribution in [0.2, 0.25) is 5.02 Å². The van der Waals surface area contributed by atoms with Gasteiger partial charge in [-0.15, -0.1) is 0 Å². The zero-order chi connectivity index (χ0) is 12.7. The highest BCUT2D eigenvalue weighted by atomic mass is 35.5. The van der Waals surface area contributed by atoms with Crippen LogP contribution in [0.25, 0.3) is 22.4 Å². The summed E-state index contributed by atoms with van der Waals surface area (Å²) < 4.78 is 13.8. The molecule has 0 bridgehead atoms. The summed E-state index contributed by atoms with van der Waals surface area (Å²) >= 11 is 5.89. The minimum absolute atomic E-state index is 0.282. The smallest absolute Gasteiger partial charge is 0.143 e. The summed E-state index contributed by atoms with van der Waals surface area (Å²) in [6, 6.07) is 9.80. The van der Waals surface area contributed by atoms with Crippen molar-refractivity contribution >= 4 is 28.3 Å². The van der Waals surface area contributed by atoms with Gasteiger partial charge >= 0.3 is 0 Å². The fourth-order valence-electron chi connectivity index (χ4n) is 1.89. The van der Waals surface area contributed by atoms with Gasteiger partial charge in [-0.05, 0) is 30.3 Å². The number of nitrogens with zero attached hydrogens (tertiary/aromatic N) is 1. The highest BCUT2D eigenvalue weighted by Gasteiger charge is 2.13. The fraction of sp³-hybridized carbons (Fsp3) is 0. The van der Waals surface area contributed by atoms with E-state index in [0.29, 0.717) is 16.5 Å². The number of halogens is 2. The molecule has 0 unspecified atom stereocenters. The van der Waals surface area contributed by atoms with Crippen molar-refractivity contribution in [3.63, 3.8) is 0 Å². The lowest BCUT2D eigenvalue weighted by Gasteiger charge is -2.02. The fourth-order valence-corrected chi connectivity index (χ4v) is 2.06. The predicted molar refractivity (Wildman–Crippen MR) is 70.9 cm³/mol. The van der Waals surface area contributed by atoms with Crippen LogP contribution in [0.5, 0.6) is 0 Å². The molecule has 3 N–H and O–H groups in total. The van der Waals surface area contributed by atoms with Crippen LogP contribution in [-0.4, -0.2) is 9.97 Å². The maximum Gasteiger partial charge on any atom is 0.143 e. The Morgan fingerprint density at radius 3 is 2.83 bits per heavy atom. The van der Waals surface area contributed by atoms with Gasteiger partial charge in [0.15, 0.2) is 0 Å². The molecular weight excluding hydrogens is 253 g/mol.